The first-order valence-corrected chi connectivity index (χ1v) is 4.56. The first kappa shape index (κ1) is 12.4. The van der Waals surface area contributed by atoms with Crippen LogP contribution in [0.1, 0.15) is 13.8 Å². The number of rotatable bonds is 5. The van der Waals surface area contributed by atoms with Crippen LogP contribution in [0.2, 0.25) is 0 Å². The highest BCUT2D eigenvalue weighted by atomic mass is 14.7. The van der Waals surface area contributed by atoms with Gasteiger partial charge in [0, 0.05) is 12.4 Å². The Morgan fingerprint density at radius 2 is 1.57 bits per heavy atom. The third-order valence-corrected chi connectivity index (χ3v) is 1.56. The molecule has 0 saturated heterocycles. The van der Waals surface area contributed by atoms with Crippen molar-refractivity contribution in [2.24, 2.45) is 4.99 Å². The maximum absolute atomic E-state index is 3.99. The predicted molar refractivity (Wildman–Crippen MR) is 65.5 cm³/mol. The Morgan fingerprint density at radius 1 is 1.00 bits per heavy atom. The van der Waals surface area contributed by atoms with E-state index in [1.54, 1.807) is 6.21 Å². The summed E-state index contributed by atoms with van der Waals surface area (Å²) in [7, 11) is 0. The molecule has 0 fully saturated rings. The zero-order chi connectivity index (χ0) is 10.8. The Kier molecular flexibility index (Phi) is 7.06. The largest absolute Gasteiger partial charge is 0.265 e. The summed E-state index contributed by atoms with van der Waals surface area (Å²) in [6.07, 6.45) is 13.0. The van der Waals surface area contributed by atoms with Crippen LogP contribution in [0.25, 0.3) is 0 Å². The van der Waals surface area contributed by atoms with Crippen LogP contribution in [-0.4, -0.2) is 6.21 Å². The van der Waals surface area contributed by atoms with Crippen LogP contribution in [0.5, 0.6) is 0 Å². The summed E-state index contributed by atoms with van der Waals surface area (Å²) < 4.78 is 0. The smallest absolute Gasteiger partial charge is 0.0345 e. The molecule has 14 heavy (non-hydrogen) atoms. The van der Waals surface area contributed by atoms with E-state index >= 15 is 0 Å². The van der Waals surface area contributed by atoms with Crippen molar-refractivity contribution in [3.8, 4) is 0 Å². The van der Waals surface area contributed by atoms with E-state index < -0.39 is 0 Å². The molecule has 1 nitrogen and oxygen atoms in total. The number of allylic oxidation sites excluding steroid dienone is 7. The normalized spacial score (nSPS) is 13.9. The molecule has 0 aliphatic rings. The maximum atomic E-state index is 3.99. The number of nitrogens with zero attached hydrogens (tertiary/aromatic N) is 1. The SMILES string of the molecule is C=CN=CC(/C=C\C)=C(C=C)/C=C\C. The van der Waals surface area contributed by atoms with E-state index in [1.807, 2.05) is 44.2 Å². The van der Waals surface area contributed by atoms with Gasteiger partial charge in [0.1, 0.15) is 0 Å². The fraction of sp³-hybridized carbons (Fsp3) is 0.154. The van der Waals surface area contributed by atoms with Gasteiger partial charge in [0.2, 0.25) is 0 Å². The van der Waals surface area contributed by atoms with E-state index in [9.17, 15) is 0 Å². The van der Waals surface area contributed by atoms with Crippen molar-refractivity contribution in [2.45, 2.75) is 13.8 Å². The minimum atomic E-state index is 1.03. The Hall–Kier alpha value is -1.63. The van der Waals surface area contributed by atoms with E-state index in [0.717, 1.165) is 11.1 Å². The van der Waals surface area contributed by atoms with Crippen LogP contribution >= 0.6 is 0 Å². The van der Waals surface area contributed by atoms with Crippen molar-refractivity contribution in [2.75, 3.05) is 0 Å². The van der Waals surface area contributed by atoms with E-state index in [4.69, 9.17) is 0 Å². The Morgan fingerprint density at radius 3 is 2.00 bits per heavy atom. The highest BCUT2D eigenvalue weighted by Crippen LogP contribution is 2.07. The van der Waals surface area contributed by atoms with Gasteiger partial charge >= 0.3 is 0 Å². The van der Waals surface area contributed by atoms with E-state index in [-0.39, 0.29) is 0 Å². The van der Waals surface area contributed by atoms with Crippen LogP contribution in [0.4, 0.5) is 0 Å². The van der Waals surface area contributed by atoms with Gasteiger partial charge in [-0.05, 0) is 25.0 Å². The topological polar surface area (TPSA) is 12.4 Å². The molecule has 0 N–H and O–H groups in total. The highest BCUT2D eigenvalue weighted by Gasteiger charge is 1.92. The van der Waals surface area contributed by atoms with Crippen molar-refractivity contribution in [3.05, 3.63) is 60.9 Å². The molecule has 0 aromatic carbocycles. The molecular formula is C13H17N. The zero-order valence-corrected chi connectivity index (χ0v) is 8.90. The minimum Gasteiger partial charge on any atom is -0.265 e. The fourth-order valence-corrected chi connectivity index (χ4v) is 0.988. The molecule has 0 aliphatic heterocycles. The summed E-state index contributed by atoms with van der Waals surface area (Å²) in [5.41, 5.74) is 2.08. The molecule has 0 heterocycles. The zero-order valence-electron chi connectivity index (χ0n) is 8.90. The second kappa shape index (κ2) is 7.99. The molecule has 1 heteroatoms. The third kappa shape index (κ3) is 4.41. The lowest BCUT2D eigenvalue weighted by atomic mass is 10.1. The predicted octanol–water partition coefficient (Wildman–Crippen LogP) is 3.84. The van der Waals surface area contributed by atoms with Crippen molar-refractivity contribution < 1.29 is 0 Å². The Bertz CT molecular complexity index is 301. The van der Waals surface area contributed by atoms with Gasteiger partial charge in [-0.2, -0.15) is 0 Å². The molecular weight excluding hydrogens is 170 g/mol. The summed E-state index contributed by atoms with van der Waals surface area (Å²) in [6, 6.07) is 0. The monoisotopic (exact) mass is 187 g/mol. The summed E-state index contributed by atoms with van der Waals surface area (Å²) in [6.45, 7) is 11.2. The second-order valence-electron chi connectivity index (χ2n) is 2.58. The lowest BCUT2D eigenvalue weighted by Crippen LogP contribution is -1.85. The highest BCUT2D eigenvalue weighted by molar-refractivity contribution is 5.85. The average Bonchev–Trinajstić information content (AvgIpc) is 2.21. The molecule has 0 aromatic heterocycles. The van der Waals surface area contributed by atoms with Crippen LogP contribution in [0, 0.1) is 0 Å². The van der Waals surface area contributed by atoms with Gasteiger partial charge in [-0.25, -0.2) is 0 Å². The van der Waals surface area contributed by atoms with E-state index in [1.165, 1.54) is 6.20 Å². The van der Waals surface area contributed by atoms with Crippen LogP contribution in [0.3, 0.4) is 0 Å². The van der Waals surface area contributed by atoms with Crippen LogP contribution in [0.15, 0.2) is 65.9 Å². The standard InChI is InChI=1S/C13H17N/c1-5-9-12(7-3)13(10-6-2)11-14-8-4/h5-11H,3-4H2,1-2H3/b9-5-,10-6-,13-12+,14-11?. The number of hydrogen-bond donors (Lipinski definition) is 0. The first-order chi connectivity index (χ1) is 6.79. The summed E-state index contributed by atoms with van der Waals surface area (Å²) in [5.74, 6) is 0. The molecule has 0 aromatic rings. The first-order valence-electron chi connectivity index (χ1n) is 4.56. The van der Waals surface area contributed by atoms with Gasteiger partial charge in [0.25, 0.3) is 0 Å². The van der Waals surface area contributed by atoms with E-state index in [2.05, 4.69) is 18.2 Å². The maximum Gasteiger partial charge on any atom is 0.0345 e. The molecule has 0 unspecified atom stereocenters. The molecule has 0 radical (unpaired) electrons. The molecule has 0 spiro atoms. The molecule has 0 amide bonds. The number of aliphatic imine (C=N–C) groups is 1. The van der Waals surface area contributed by atoms with Crippen molar-refractivity contribution in [1.82, 2.24) is 0 Å². The molecule has 0 aliphatic carbocycles. The van der Waals surface area contributed by atoms with Gasteiger partial charge < -0.3 is 0 Å². The summed E-state index contributed by atoms with van der Waals surface area (Å²) >= 11 is 0. The van der Waals surface area contributed by atoms with Crippen molar-refractivity contribution >= 4 is 6.21 Å². The quantitative estimate of drug-likeness (QED) is 0.458. The van der Waals surface area contributed by atoms with Gasteiger partial charge in [-0.3, -0.25) is 4.99 Å². The fourth-order valence-electron chi connectivity index (χ4n) is 0.988. The minimum absolute atomic E-state index is 1.03. The van der Waals surface area contributed by atoms with Gasteiger partial charge in [0.05, 0.1) is 0 Å². The summed E-state index contributed by atoms with van der Waals surface area (Å²) in [5, 5.41) is 0. The van der Waals surface area contributed by atoms with Crippen molar-refractivity contribution in [1.29, 1.82) is 0 Å². The second-order valence-corrected chi connectivity index (χ2v) is 2.58. The number of hydrogen-bond acceptors (Lipinski definition) is 1. The van der Waals surface area contributed by atoms with E-state index in [0.29, 0.717) is 0 Å². The van der Waals surface area contributed by atoms with Gasteiger partial charge in [-0.1, -0.05) is 43.5 Å². The van der Waals surface area contributed by atoms with Crippen LogP contribution in [-0.2, 0) is 0 Å². The third-order valence-electron chi connectivity index (χ3n) is 1.56. The molecule has 74 valence electrons. The summed E-state index contributed by atoms with van der Waals surface area (Å²) in [4.78, 5) is 3.99. The van der Waals surface area contributed by atoms with Gasteiger partial charge in [-0.15, -0.1) is 0 Å². The Balaban J connectivity index is 5.17. The van der Waals surface area contributed by atoms with Crippen LogP contribution < -0.4 is 0 Å². The molecule has 0 bridgehead atoms. The molecule has 0 rings (SSSR count). The van der Waals surface area contributed by atoms with Crippen molar-refractivity contribution in [3.63, 3.8) is 0 Å². The molecule has 0 saturated carbocycles. The lowest BCUT2D eigenvalue weighted by Gasteiger charge is -1.98. The van der Waals surface area contributed by atoms with Gasteiger partial charge in [0.15, 0.2) is 0 Å². The molecule has 0 atom stereocenters. The lowest BCUT2D eigenvalue weighted by molar-refractivity contribution is 1.54. The average molecular weight is 187 g/mol. The Labute approximate surface area is 86.6 Å².